The third-order valence-electron chi connectivity index (χ3n) is 2.14. The van der Waals surface area contributed by atoms with Gasteiger partial charge in [-0.15, -0.1) is 10.2 Å². The Kier molecular flexibility index (Phi) is 2.18. The molecule has 1 atom stereocenters. The van der Waals surface area contributed by atoms with Crippen molar-refractivity contribution < 1.29 is 4.74 Å². The molecule has 1 aromatic rings. The summed E-state index contributed by atoms with van der Waals surface area (Å²) in [6.07, 6.45) is 1.05. The van der Waals surface area contributed by atoms with Gasteiger partial charge in [0.1, 0.15) is 5.01 Å². The van der Waals surface area contributed by atoms with Crippen molar-refractivity contribution in [2.75, 3.05) is 13.2 Å². The van der Waals surface area contributed by atoms with Gasteiger partial charge in [0.15, 0.2) is 3.92 Å². The topological polar surface area (TPSA) is 35.0 Å². The van der Waals surface area contributed by atoms with Crippen LogP contribution < -0.4 is 0 Å². The van der Waals surface area contributed by atoms with Crippen molar-refractivity contribution in [1.82, 2.24) is 10.2 Å². The van der Waals surface area contributed by atoms with Gasteiger partial charge in [-0.1, -0.05) is 18.3 Å². The van der Waals surface area contributed by atoms with Crippen molar-refractivity contribution >= 4 is 27.3 Å². The fourth-order valence-corrected chi connectivity index (χ4v) is 2.55. The first-order valence-electron chi connectivity index (χ1n) is 3.78. The maximum atomic E-state index is 5.35. The van der Waals surface area contributed by atoms with E-state index >= 15 is 0 Å². The Morgan fingerprint density at radius 1 is 1.58 bits per heavy atom. The molecular weight excluding hydrogens is 240 g/mol. The number of hydrogen-bond donors (Lipinski definition) is 0. The lowest BCUT2D eigenvalue weighted by Crippen LogP contribution is -2.21. The molecule has 0 amide bonds. The summed E-state index contributed by atoms with van der Waals surface area (Å²) in [5, 5.41) is 9.12. The van der Waals surface area contributed by atoms with Crippen LogP contribution >= 0.6 is 27.3 Å². The standard InChI is InChI=1S/C7H9BrN2OS/c1-7(2-3-11-4-7)5-9-10-6(8)12-5/h2-4H2,1H3. The first-order valence-corrected chi connectivity index (χ1v) is 5.39. The molecule has 2 rings (SSSR count). The van der Waals surface area contributed by atoms with Crippen LogP contribution in [0.4, 0.5) is 0 Å². The fourth-order valence-electron chi connectivity index (χ4n) is 1.28. The summed E-state index contributed by atoms with van der Waals surface area (Å²) in [5.74, 6) is 0. The molecule has 0 aromatic carbocycles. The van der Waals surface area contributed by atoms with Crippen molar-refractivity contribution in [3.63, 3.8) is 0 Å². The quantitative estimate of drug-likeness (QED) is 0.763. The molecule has 0 N–H and O–H groups in total. The van der Waals surface area contributed by atoms with Crippen LogP contribution in [0.5, 0.6) is 0 Å². The van der Waals surface area contributed by atoms with Crippen molar-refractivity contribution in [3.05, 3.63) is 8.92 Å². The van der Waals surface area contributed by atoms with Gasteiger partial charge in [0.05, 0.1) is 6.61 Å². The average Bonchev–Trinajstić information content (AvgIpc) is 2.59. The van der Waals surface area contributed by atoms with Gasteiger partial charge in [0, 0.05) is 12.0 Å². The molecule has 1 fully saturated rings. The van der Waals surface area contributed by atoms with Crippen LogP contribution in [0.1, 0.15) is 18.4 Å². The lowest BCUT2D eigenvalue weighted by Gasteiger charge is -2.16. The van der Waals surface area contributed by atoms with E-state index in [1.165, 1.54) is 0 Å². The first-order chi connectivity index (χ1) is 5.71. The van der Waals surface area contributed by atoms with Crippen molar-refractivity contribution in [1.29, 1.82) is 0 Å². The molecule has 2 heterocycles. The maximum Gasteiger partial charge on any atom is 0.183 e. The van der Waals surface area contributed by atoms with Gasteiger partial charge in [0.2, 0.25) is 0 Å². The normalized spacial score (nSPS) is 29.5. The second-order valence-corrected chi connectivity index (χ2v) is 5.48. The molecule has 0 saturated carbocycles. The Hall–Kier alpha value is -0.0000000000000000486. The highest BCUT2D eigenvalue weighted by Crippen LogP contribution is 2.35. The summed E-state index contributed by atoms with van der Waals surface area (Å²) in [5.41, 5.74) is 0.101. The minimum absolute atomic E-state index is 0.101. The van der Waals surface area contributed by atoms with E-state index in [1.54, 1.807) is 11.3 Å². The maximum absolute atomic E-state index is 5.35. The highest BCUT2D eigenvalue weighted by atomic mass is 79.9. The van der Waals surface area contributed by atoms with E-state index in [4.69, 9.17) is 4.74 Å². The minimum Gasteiger partial charge on any atom is -0.380 e. The highest BCUT2D eigenvalue weighted by molar-refractivity contribution is 9.11. The average molecular weight is 249 g/mol. The molecule has 5 heteroatoms. The second kappa shape index (κ2) is 3.05. The molecular formula is C7H9BrN2OS. The Labute approximate surface area is 83.3 Å². The van der Waals surface area contributed by atoms with Crippen LogP contribution in [0.25, 0.3) is 0 Å². The molecule has 1 aliphatic rings. The molecule has 0 aliphatic carbocycles. The largest absolute Gasteiger partial charge is 0.380 e. The molecule has 0 radical (unpaired) electrons. The molecule has 1 saturated heterocycles. The van der Waals surface area contributed by atoms with Gasteiger partial charge >= 0.3 is 0 Å². The van der Waals surface area contributed by atoms with Gasteiger partial charge in [0.25, 0.3) is 0 Å². The van der Waals surface area contributed by atoms with Crippen LogP contribution in [-0.2, 0) is 10.2 Å². The zero-order valence-corrected chi connectivity index (χ0v) is 9.11. The molecule has 66 valence electrons. The number of halogens is 1. The van der Waals surface area contributed by atoms with E-state index in [-0.39, 0.29) is 5.41 Å². The van der Waals surface area contributed by atoms with E-state index in [2.05, 4.69) is 33.1 Å². The predicted octanol–water partition coefficient (Wildman–Crippen LogP) is 1.98. The monoisotopic (exact) mass is 248 g/mol. The third-order valence-corrected chi connectivity index (χ3v) is 3.80. The minimum atomic E-state index is 0.101. The number of ether oxygens (including phenoxy) is 1. The van der Waals surface area contributed by atoms with E-state index in [1.807, 2.05) is 0 Å². The van der Waals surface area contributed by atoms with Gasteiger partial charge in [-0.3, -0.25) is 0 Å². The van der Waals surface area contributed by atoms with E-state index in [0.717, 1.165) is 28.6 Å². The third kappa shape index (κ3) is 1.41. The Morgan fingerprint density at radius 3 is 2.92 bits per heavy atom. The lowest BCUT2D eigenvalue weighted by molar-refractivity contribution is 0.180. The predicted molar refractivity (Wildman–Crippen MR) is 50.4 cm³/mol. The molecule has 0 spiro atoms. The van der Waals surface area contributed by atoms with Crippen LogP contribution in [0.2, 0.25) is 0 Å². The van der Waals surface area contributed by atoms with Gasteiger partial charge in [-0.2, -0.15) is 0 Å². The molecule has 3 nitrogen and oxygen atoms in total. The molecule has 1 aliphatic heterocycles. The number of nitrogens with zero attached hydrogens (tertiary/aromatic N) is 2. The first kappa shape index (κ1) is 8.59. The highest BCUT2D eigenvalue weighted by Gasteiger charge is 2.34. The lowest BCUT2D eigenvalue weighted by atomic mass is 9.91. The second-order valence-electron chi connectivity index (χ2n) is 3.22. The van der Waals surface area contributed by atoms with Gasteiger partial charge < -0.3 is 4.74 Å². The van der Waals surface area contributed by atoms with Crippen molar-refractivity contribution in [2.24, 2.45) is 0 Å². The van der Waals surface area contributed by atoms with Gasteiger partial charge in [-0.05, 0) is 22.4 Å². The zero-order valence-electron chi connectivity index (χ0n) is 6.71. The Balaban J connectivity index is 2.28. The van der Waals surface area contributed by atoms with Crippen molar-refractivity contribution in [2.45, 2.75) is 18.8 Å². The summed E-state index contributed by atoms with van der Waals surface area (Å²) in [4.78, 5) is 0. The van der Waals surface area contributed by atoms with E-state index in [0.29, 0.717) is 0 Å². The fraction of sp³-hybridized carbons (Fsp3) is 0.714. The van der Waals surface area contributed by atoms with Crippen LogP contribution in [0.3, 0.4) is 0 Å². The summed E-state index contributed by atoms with van der Waals surface area (Å²) >= 11 is 4.91. The van der Waals surface area contributed by atoms with Crippen LogP contribution in [0.15, 0.2) is 3.92 Å². The van der Waals surface area contributed by atoms with E-state index in [9.17, 15) is 0 Å². The molecule has 1 unspecified atom stereocenters. The van der Waals surface area contributed by atoms with Gasteiger partial charge in [-0.25, -0.2) is 0 Å². The molecule has 1 aromatic heterocycles. The zero-order chi connectivity index (χ0) is 8.60. The van der Waals surface area contributed by atoms with Crippen LogP contribution in [-0.4, -0.2) is 23.4 Å². The summed E-state index contributed by atoms with van der Waals surface area (Å²) in [6, 6.07) is 0. The number of rotatable bonds is 1. The number of hydrogen-bond acceptors (Lipinski definition) is 4. The van der Waals surface area contributed by atoms with Crippen LogP contribution in [0, 0.1) is 0 Å². The van der Waals surface area contributed by atoms with Crippen molar-refractivity contribution in [3.8, 4) is 0 Å². The number of aromatic nitrogens is 2. The SMILES string of the molecule is CC1(c2nnc(Br)s2)CCOC1. The summed E-state index contributed by atoms with van der Waals surface area (Å²) < 4.78 is 6.20. The smallest absolute Gasteiger partial charge is 0.183 e. The summed E-state index contributed by atoms with van der Waals surface area (Å²) in [6.45, 7) is 3.79. The summed E-state index contributed by atoms with van der Waals surface area (Å²) in [7, 11) is 0. The molecule has 12 heavy (non-hydrogen) atoms. The van der Waals surface area contributed by atoms with E-state index < -0.39 is 0 Å². The Morgan fingerprint density at radius 2 is 2.42 bits per heavy atom. The Bertz CT molecular complexity index is 283. The molecule has 0 bridgehead atoms.